The number of hydrogen-bond donors (Lipinski definition) is 1. The largest absolute Gasteiger partial charge is 0.495 e. The summed E-state index contributed by atoms with van der Waals surface area (Å²) in [7, 11) is 1.59. The summed E-state index contributed by atoms with van der Waals surface area (Å²) in [5.74, 6) is 1.56. The van der Waals surface area contributed by atoms with Crippen LogP contribution in [0.2, 0.25) is 0 Å². The van der Waals surface area contributed by atoms with Gasteiger partial charge in [-0.3, -0.25) is 4.79 Å². The zero-order chi connectivity index (χ0) is 18.8. The summed E-state index contributed by atoms with van der Waals surface area (Å²) in [4.78, 5) is 23.7. The van der Waals surface area contributed by atoms with Gasteiger partial charge in [0.1, 0.15) is 21.4 Å². The van der Waals surface area contributed by atoms with Crippen LogP contribution in [-0.4, -0.2) is 28.7 Å². The van der Waals surface area contributed by atoms with E-state index in [1.54, 1.807) is 18.4 Å². The molecule has 2 aromatic heterocycles. The van der Waals surface area contributed by atoms with E-state index in [4.69, 9.17) is 4.74 Å². The number of aromatic nitrogens is 2. The molecular weight excluding hydrogens is 366 g/mol. The molecule has 136 valence electrons. The first-order valence-electron chi connectivity index (χ1n) is 8.20. The van der Waals surface area contributed by atoms with Gasteiger partial charge in [-0.2, -0.15) is 0 Å². The number of benzene rings is 1. The maximum atomic E-state index is 12.4. The number of methoxy groups -OCH3 is 1. The topological polar surface area (TPSA) is 64.1 Å². The summed E-state index contributed by atoms with van der Waals surface area (Å²) in [6, 6.07) is 5.71. The third-order valence-electron chi connectivity index (χ3n) is 4.08. The third-order valence-corrected chi connectivity index (χ3v) is 6.15. The Hall–Kier alpha value is -2.12. The number of carbonyl (C=O) groups excluding carboxylic acids is 1. The van der Waals surface area contributed by atoms with Gasteiger partial charge in [-0.05, 0) is 51.0 Å². The Morgan fingerprint density at radius 3 is 2.73 bits per heavy atom. The van der Waals surface area contributed by atoms with Crippen LogP contribution in [0.3, 0.4) is 0 Å². The molecule has 0 atom stereocenters. The number of hydrogen-bond acceptors (Lipinski definition) is 6. The predicted molar refractivity (Wildman–Crippen MR) is 109 cm³/mol. The quantitative estimate of drug-likeness (QED) is 0.509. The molecule has 2 heterocycles. The van der Waals surface area contributed by atoms with Crippen molar-refractivity contribution in [2.45, 2.75) is 32.7 Å². The summed E-state index contributed by atoms with van der Waals surface area (Å²) in [5.41, 5.74) is 2.93. The minimum Gasteiger partial charge on any atom is -0.495 e. The highest BCUT2D eigenvalue weighted by molar-refractivity contribution is 8.00. The molecule has 1 N–H and O–H groups in total. The number of nitrogens with one attached hydrogen (secondary N) is 1. The molecule has 0 radical (unpaired) electrons. The minimum atomic E-state index is -0.0899. The van der Waals surface area contributed by atoms with Gasteiger partial charge in [-0.25, -0.2) is 9.97 Å². The van der Waals surface area contributed by atoms with Crippen LogP contribution in [0.25, 0.3) is 10.2 Å². The molecule has 0 spiro atoms. The van der Waals surface area contributed by atoms with Crippen molar-refractivity contribution < 1.29 is 9.53 Å². The Morgan fingerprint density at radius 1 is 1.23 bits per heavy atom. The fraction of sp³-hybridized carbons (Fsp3) is 0.316. The number of nitrogens with zero attached hydrogens (tertiary/aromatic N) is 2. The molecular formula is C19H21N3O2S2. The summed E-state index contributed by atoms with van der Waals surface area (Å²) in [6.45, 7) is 8.02. The molecule has 0 saturated carbocycles. The first-order valence-corrected chi connectivity index (χ1v) is 10.0. The molecule has 0 bridgehead atoms. The highest BCUT2D eigenvalue weighted by atomic mass is 32.2. The van der Waals surface area contributed by atoms with Crippen molar-refractivity contribution in [3.8, 4) is 5.75 Å². The number of thiophene rings is 1. The maximum absolute atomic E-state index is 12.4. The van der Waals surface area contributed by atoms with Crippen LogP contribution in [0, 0.1) is 27.7 Å². The maximum Gasteiger partial charge on any atom is 0.234 e. The second-order valence-electron chi connectivity index (χ2n) is 6.08. The molecule has 5 nitrogen and oxygen atoms in total. The van der Waals surface area contributed by atoms with Crippen LogP contribution < -0.4 is 10.1 Å². The standard InChI is InChI=1S/C19H21N3O2S2/c1-10-6-7-15(24-5)14(8-10)22-16(23)9-25-18-17-11(2)12(3)26-19(17)21-13(4)20-18/h6-8H,9H2,1-5H3,(H,22,23). The molecule has 26 heavy (non-hydrogen) atoms. The zero-order valence-electron chi connectivity index (χ0n) is 15.5. The Balaban J connectivity index is 1.78. The van der Waals surface area contributed by atoms with Crippen molar-refractivity contribution in [3.05, 3.63) is 40.0 Å². The second kappa shape index (κ2) is 7.63. The monoisotopic (exact) mass is 387 g/mol. The molecule has 0 aliphatic carbocycles. The van der Waals surface area contributed by atoms with Crippen LogP contribution in [-0.2, 0) is 4.79 Å². The predicted octanol–water partition coefficient (Wildman–Crippen LogP) is 4.66. The smallest absolute Gasteiger partial charge is 0.234 e. The number of amides is 1. The Bertz CT molecular complexity index is 983. The second-order valence-corrected chi connectivity index (χ2v) is 8.25. The number of rotatable bonds is 5. The van der Waals surface area contributed by atoms with Crippen LogP contribution >= 0.6 is 23.1 Å². The van der Waals surface area contributed by atoms with Gasteiger partial charge in [0.2, 0.25) is 5.91 Å². The average molecular weight is 388 g/mol. The summed E-state index contributed by atoms with van der Waals surface area (Å²) in [5, 5.41) is 4.85. The molecule has 3 aromatic rings. The van der Waals surface area contributed by atoms with Crippen molar-refractivity contribution >= 4 is 44.9 Å². The summed E-state index contributed by atoms with van der Waals surface area (Å²) in [6.07, 6.45) is 0. The number of ether oxygens (including phenoxy) is 1. The highest BCUT2D eigenvalue weighted by Crippen LogP contribution is 2.35. The van der Waals surface area contributed by atoms with Crippen molar-refractivity contribution in [1.82, 2.24) is 9.97 Å². The van der Waals surface area contributed by atoms with Gasteiger partial charge in [0, 0.05) is 10.3 Å². The molecule has 7 heteroatoms. The van der Waals surface area contributed by atoms with E-state index < -0.39 is 0 Å². The van der Waals surface area contributed by atoms with Crippen molar-refractivity contribution in [2.75, 3.05) is 18.2 Å². The molecule has 3 rings (SSSR count). The highest BCUT2D eigenvalue weighted by Gasteiger charge is 2.15. The van der Waals surface area contributed by atoms with Crippen LogP contribution in [0.15, 0.2) is 23.2 Å². The van der Waals surface area contributed by atoms with Gasteiger partial charge in [0.25, 0.3) is 0 Å². The van der Waals surface area contributed by atoms with E-state index >= 15 is 0 Å². The lowest BCUT2D eigenvalue weighted by Gasteiger charge is -2.11. The molecule has 0 aliphatic heterocycles. The molecule has 0 aliphatic rings. The van der Waals surface area contributed by atoms with Crippen molar-refractivity contribution in [2.24, 2.45) is 0 Å². The first kappa shape index (κ1) is 18.7. The lowest BCUT2D eigenvalue weighted by Crippen LogP contribution is -2.15. The first-order chi connectivity index (χ1) is 12.4. The normalized spacial score (nSPS) is 11.0. The fourth-order valence-corrected chi connectivity index (χ4v) is 4.73. The van der Waals surface area contributed by atoms with Gasteiger partial charge in [-0.15, -0.1) is 11.3 Å². The van der Waals surface area contributed by atoms with Crippen LogP contribution in [0.4, 0.5) is 5.69 Å². The number of carbonyl (C=O) groups is 1. The molecule has 1 aromatic carbocycles. The molecule has 0 saturated heterocycles. The van der Waals surface area contributed by atoms with E-state index in [0.29, 0.717) is 11.4 Å². The zero-order valence-corrected chi connectivity index (χ0v) is 17.1. The van der Waals surface area contributed by atoms with Gasteiger partial charge < -0.3 is 10.1 Å². The molecule has 0 unspecified atom stereocenters. The lowest BCUT2D eigenvalue weighted by molar-refractivity contribution is -0.113. The van der Waals surface area contributed by atoms with E-state index in [1.165, 1.54) is 22.2 Å². The summed E-state index contributed by atoms with van der Waals surface area (Å²) >= 11 is 3.11. The number of thioether (sulfide) groups is 1. The van der Waals surface area contributed by atoms with Gasteiger partial charge in [0.15, 0.2) is 0 Å². The van der Waals surface area contributed by atoms with E-state index in [2.05, 4.69) is 29.1 Å². The van der Waals surface area contributed by atoms with E-state index in [1.807, 2.05) is 32.0 Å². The van der Waals surface area contributed by atoms with E-state index in [-0.39, 0.29) is 11.7 Å². The molecule has 1 amide bonds. The third kappa shape index (κ3) is 3.83. The fourth-order valence-electron chi connectivity index (χ4n) is 2.66. The number of aryl methyl sites for hydroxylation is 4. The van der Waals surface area contributed by atoms with Crippen LogP contribution in [0.1, 0.15) is 21.8 Å². The average Bonchev–Trinajstić information content (AvgIpc) is 2.87. The van der Waals surface area contributed by atoms with E-state index in [9.17, 15) is 4.79 Å². The Labute approximate surface area is 161 Å². The Morgan fingerprint density at radius 2 is 2.00 bits per heavy atom. The lowest BCUT2D eigenvalue weighted by atomic mass is 10.2. The minimum absolute atomic E-state index is 0.0899. The summed E-state index contributed by atoms with van der Waals surface area (Å²) < 4.78 is 5.32. The number of fused-ring (bicyclic) bond motifs is 1. The van der Waals surface area contributed by atoms with Crippen LogP contribution in [0.5, 0.6) is 5.75 Å². The SMILES string of the molecule is COc1ccc(C)cc1NC(=O)CSc1nc(C)nc2sc(C)c(C)c12. The Kier molecular flexibility index (Phi) is 5.48. The van der Waals surface area contributed by atoms with Crippen molar-refractivity contribution in [3.63, 3.8) is 0 Å². The molecule has 0 fully saturated rings. The van der Waals surface area contributed by atoms with Gasteiger partial charge >= 0.3 is 0 Å². The van der Waals surface area contributed by atoms with Crippen molar-refractivity contribution in [1.29, 1.82) is 0 Å². The van der Waals surface area contributed by atoms with E-state index in [0.717, 1.165) is 26.6 Å². The number of anilines is 1. The van der Waals surface area contributed by atoms with Gasteiger partial charge in [0.05, 0.1) is 18.6 Å². The van der Waals surface area contributed by atoms with Gasteiger partial charge in [-0.1, -0.05) is 17.8 Å².